The first-order chi connectivity index (χ1) is 11.7. The van der Waals surface area contributed by atoms with Crippen molar-refractivity contribution in [1.82, 2.24) is 15.2 Å². The zero-order valence-corrected chi connectivity index (χ0v) is 14.6. The number of fused-ring (bicyclic) bond motifs is 3. The molecule has 1 amide bonds. The van der Waals surface area contributed by atoms with Crippen LogP contribution in [0.5, 0.6) is 10.9 Å². The van der Waals surface area contributed by atoms with E-state index in [-0.39, 0.29) is 11.9 Å². The number of aromatic nitrogens is 1. The van der Waals surface area contributed by atoms with Crippen molar-refractivity contribution >= 4 is 28.8 Å². The molecule has 2 bridgehead atoms. The molecule has 0 aromatic carbocycles. The second-order valence-electron chi connectivity index (χ2n) is 6.25. The Morgan fingerprint density at radius 1 is 1.29 bits per heavy atom. The number of hydrogen-bond donors (Lipinski definition) is 1. The van der Waals surface area contributed by atoms with E-state index in [2.05, 4.69) is 15.2 Å². The summed E-state index contributed by atoms with van der Waals surface area (Å²) >= 11 is 7.14. The van der Waals surface area contributed by atoms with E-state index in [1.54, 1.807) is 24.3 Å². The van der Waals surface area contributed by atoms with Crippen molar-refractivity contribution in [2.75, 3.05) is 19.6 Å². The van der Waals surface area contributed by atoms with E-state index in [0.717, 1.165) is 6.54 Å². The van der Waals surface area contributed by atoms with Crippen LogP contribution in [0.4, 0.5) is 0 Å². The van der Waals surface area contributed by atoms with E-state index in [1.807, 2.05) is 0 Å². The molecule has 24 heavy (non-hydrogen) atoms. The van der Waals surface area contributed by atoms with Crippen LogP contribution >= 0.6 is 22.9 Å². The Kier molecular flexibility index (Phi) is 4.43. The number of rotatable bonds is 4. The molecule has 5 rings (SSSR count). The third kappa shape index (κ3) is 3.41. The first-order valence-electron chi connectivity index (χ1n) is 8.10. The van der Waals surface area contributed by atoms with Crippen LogP contribution < -0.4 is 10.1 Å². The van der Waals surface area contributed by atoms with E-state index in [9.17, 15) is 4.79 Å². The lowest BCUT2D eigenvalue weighted by molar-refractivity contribution is 0.0622. The summed E-state index contributed by atoms with van der Waals surface area (Å²) in [7, 11) is 0. The maximum Gasteiger partial charge on any atom is 0.261 e. The smallest absolute Gasteiger partial charge is 0.261 e. The molecular weight excluding hydrogens is 346 g/mol. The molecule has 3 aliphatic rings. The molecule has 0 aliphatic carbocycles. The molecule has 3 aliphatic heterocycles. The number of thiophene rings is 1. The second kappa shape index (κ2) is 6.70. The number of nitrogens with zero attached hydrogens (tertiary/aromatic N) is 2. The van der Waals surface area contributed by atoms with Gasteiger partial charge in [0.25, 0.3) is 5.91 Å². The Morgan fingerprint density at radius 3 is 2.79 bits per heavy atom. The quantitative estimate of drug-likeness (QED) is 0.904. The van der Waals surface area contributed by atoms with Crippen LogP contribution in [0.1, 0.15) is 22.5 Å². The number of halogens is 1. The summed E-state index contributed by atoms with van der Waals surface area (Å²) in [6.45, 7) is 3.31. The SMILES string of the molecule is O=C(N[C@H]1CN2CCC1CC2)c1ccc(Oc2ccc(Cl)cn2)s1. The van der Waals surface area contributed by atoms with Crippen LogP contribution in [0.25, 0.3) is 0 Å². The predicted octanol–water partition coefficient (Wildman–Crippen LogP) is 3.41. The number of amides is 1. The predicted molar refractivity (Wildman–Crippen MR) is 94.1 cm³/mol. The van der Waals surface area contributed by atoms with Crippen molar-refractivity contribution < 1.29 is 9.53 Å². The summed E-state index contributed by atoms with van der Waals surface area (Å²) in [6.07, 6.45) is 3.91. The van der Waals surface area contributed by atoms with Crippen LogP contribution in [0.3, 0.4) is 0 Å². The molecule has 5 heterocycles. The number of carbonyl (C=O) groups is 1. The van der Waals surface area contributed by atoms with Crippen LogP contribution in [0, 0.1) is 5.92 Å². The number of piperidine rings is 3. The van der Waals surface area contributed by atoms with Gasteiger partial charge in [0.05, 0.1) is 9.90 Å². The van der Waals surface area contributed by atoms with Crippen LogP contribution in [0.15, 0.2) is 30.5 Å². The van der Waals surface area contributed by atoms with Crippen LogP contribution in [0.2, 0.25) is 5.02 Å². The van der Waals surface area contributed by atoms with Gasteiger partial charge in [-0.3, -0.25) is 4.79 Å². The molecule has 0 saturated carbocycles. The van der Waals surface area contributed by atoms with Crippen molar-refractivity contribution in [2.45, 2.75) is 18.9 Å². The third-order valence-corrected chi connectivity index (χ3v) is 5.87. The number of ether oxygens (including phenoxy) is 1. The van der Waals surface area contributed by atoms with E-state index in [4.69, 9.17) is 16.3 Å². The first-order valence-corrected chi connectivity index (χ1v) is 9.29. The van der Waals surface area contributed by atoms with Crippen molar-refractivity contribution in [3.8, 4) is 10.9 Å². The Hall–Kier alpha value is -1.63. The normalized spacial score (nSPS) is 25.5. The zero-order valence-electron chi connectivity index (χ0n) is 13.1. The highest BCUT2D eigenvalue weighted by Gasteiger charge is 2.35. The van der Waals surface area contributed by atoms with Crippen molar-refractivity contribution in [3.05, 3.63) is 40.4 Å². The summed E-state index contributed by atoms with van der Waals surface area (Å²) in [5.74, 6) is 1.07. The lowest BCUT2D eigenvalue weighted by atomic mass is 9.84. The molecule has 2 aromatic rings. The van der Waals surface area contributed by atoms with Gasteiger partial charge in [-0.15, -0.1) is 0 Å². The molecule has 1 atom stereocenters. The minimum atomic E-state index is -0.0161. The fourth-order valence-electron chi connectivity index (χ4n) is 3.39. The van der Waals surface area contributed by atoms with Gasteiger partial charge in [-0.1, -0.05) is 22.9 Å². The maximum atomic E-state index is 12.5. The van der Waals surface area contributed by atoms with Crippen LogP contribution in [-0.2, 0) is 0 Å². The second-order valence-corrected chi connectivity index (χ2v) is 7.74. The molecule has 3 fully saturated rings. The molecule has 7 heteroatoms. The molecule has 1 N–H and O–H groups in total. The Morgan fingerprint density at radius 2 is 2.12 bits per heavy atom. The molecule has 126 valence electrons. The molecular formula is C17H18ClN3O2S. The van der Waals surface area contributed by atoms with Gasteiger partial charge in [0.2, 0.25) is 5.88 Å². The summed E-state index contributed by atoms with van der Waals surface area (Å²) in [4.78, 5) is 19.7. The number of pyridine rings is 1. The number of hydrogen-bond acceptors (Lipinski definition) is 5. The fourth-order valence-corrected chi connectivity index (χ4v) is 4.27. The van der Waals surface area contributed by atoms with E-state index < -0.39 is 0 Å². The van der Waals surface area contributed by atoms with Gasteiger partial charge in [0.15, 0.2) is 5.06 Å². The Bertz CT molecular complexity index is 726. The maximum absolute atomic E-state index is 12.5. The highest BCUT2D eigenvalue weighted by molar-refractivity contribution is 7.15. The van der Waals surface area contributed by atoms with E-state index >= 15 is 0 Å². The average molecular weight is 364 g/mol. The van der Waals surface area contributed by atoms with Crippen molar-refractivity contribution in [3.63, 3.8) is 0 Å². The van der Waals surface area contributed by atoms with Gasteiger partial charge in [-0.2, -0.15) is 0 Å². The summed E-state index contributed by atoms with van der Waals surface area (Å²) in [6, 6.07) is 7.29. The minimum Gasteiger partial charge on any atom is -0.428 e. The standard InChI is InChI=1S/C17H18ClN3O2S/c18-12-1-3-15(19-9-12)23-16-4-2-14(24-16)17(22)20-13-10-21-7-5-11(13)6-8-21/h1-4,9,11,13H,5-8,10H2,(H,20,22)/t13-/m0/s1. The summed E-state index contributed by atoms with van der Waals surface area (Å²) < 4.78 is 5.66. The zero-order chi connectivity index (χ0) is 16.5. The molecule has 3 saturated heterocycles. The van der Waals surface area contributed by atoms with Gasteiger partial charge in [-0.05, 0) is 50.0 Å². The molecule has 0 spiro atoms. The summed E-state index contributed by atoms with van der Waals surface area (Å²) in [5, 5.41) is 4.40. The highest BCUT2D eigenvalue weighted by Crippen LogP contribution is 2.31. The Labute approximate surface area is 149 Å². The lowest BCUT2D eigenvalue weighted by Crippen LogP contribution is -2.57. The topological polar surface area (TPSA) is 54.5 Å². The van der Waals surface area contributed by atoms with E-state index in [1.165, 1.54) is 43.5 Å². The van der Waals surface area contributed by atoms with Gasteiger partial charge in [0, 0.05) is 24.8 Å². The van der Waals surface area contributed by atoms with Gasteiger partial charge in [0.1, 0.15) is 0 Å². The van der Waals surface area contributed by atoms with Gasteiger partial charge < -0.3 is 15.0 Å². The Balaban J connectivity index is 1.39. The van der Waals surface area contributed by atoms with Crippen molar-refractivity contribution in [2.24, 2.45) is 5.92 Å². The largest absolute Gasteiger partial charge is 0.428 e. The molecule has 5 nitrogen and oxygen atoms in total. The molecule has 0 unspecified atom stereocenters. The van der Waals surface area contributed by atoms with Crippen LogP contribution in [-0.4, -0.2) is 41.5 Å². The first kappa shape index (κ1) is 15.9. The van der Waals surface area contributed by atoms with Gasteiger partial charge >= 0.3 is 0 Å². The lowest BCUT2D eigenvalue weighted by Gasteiger charge is -2.44. The van der Waals surface area contributed by atoms with Gasteiger partial charge in [-0.25, -0.2) is 4.98 Å². The summed E-state index contributed by atoms with van der Waals surface area (Å²) in [5.41, 5.74) is 0. The fraction of sp³-hybridized carbons (Fsp3) is 0.412. The number of carbonyl (C=O) groups excluding carboxylic acids is 1. The van der Waals surface area contributed by atoms with Crippen molar-refractivity contribution in [1.29, 1.82) is 0 Å². The minimum absolute atomic E-state index is 0.0161. The third-order valence-electron chi connectivity index (χ3n) is 4.68. The molecule has 2 aromatic heterocycles. The molecule has 0 radical (unpaired) electrons. The average Bonchev–Trinajstić information content (AvgIpc) is 3.07. The number of nitrogens with one attached hydrogen (secondary N) is 1. The highest BCUT2D eigenvalue weighted by atomic mass is 35.5. The monoisotopic (exact) mass is 363 g/mol. The van der Waals surface area contributed by atoms with E-state index in [0.29, 0.717) is 26.8 Å².